The van der Waals surface area contributed by atoms with Crippen molar-refractivity contribution >= 4 is 18.3 Å². The highest BCUT2D eigenvalue weighted by Gasteiger charge is 2.27. The predicted octanol–water partition coefficient (Wildman–Crippen LogP) is 2.53. The monoisotopic (exact) mass is 282 g/mol. The first kappa shape index (κ1) is 16.0. The van der Waals surface area contributed by atoms with Gasteiger partial charge in [0.05, 0.1) is 12.0 Å². The van der Waals surface area contributed by atoms with Crippen LogP contribution >= 0.6 is 12.4 Å². The van der Waals surface area contributed by atoms with Crippen molar-refractivity contribution in [3.63, 3.8) is 0 Å². The third kappa shape index (κ3) is 4.51. The molecule has 1 aliphatic rings. The van der Waals surface area contributed by atoms with Gasteiger partial charge in [0, 0.05) is 13.1 Å². The smallest absolute Gasteiger partial charge is 0.226 e. The van der Waals surface area contributed by atoms with Crippen molar-refractivity contribution in [3.8, 4) is 0 Å². The summed E-state index contributed by atoms with van der Waals surface area (Å²) in [4.78, 5) is 12.0. The van der Waals surface area contributed by atoms with Crippen molar-refractivity contribution < 1.29 is 4.79 Å². The van der Waals surface area contributed by atoms with Crippen LogP contribution in [0.25, 0.3) is 0 Å². The molecule has 4 heteroatoms. The van der Waals surface area contributed by atoms with Crippen molar-refractivity contribution in [3.05, 3.63) is 35.9 Å². The first-order valence-electron chi connectivity index (χ1n) is 6.73. The SMILES string of the molecule is CC(C)CC(NC(=O)C1CNC1)c1ccccc1.Cl. The molecule has 1 aromatic carbocycles. The summed E-state index contributed by atoms with van der Waals surface area (Å²) in [6.07, 6.45) is 0.982. The molecule has 1 aliphatic heterocycles. The van der Waals surface area contributed by atoms with E-state index in [-0.39, 0.29) is 30.3 Å². The lowest BCUT2D eigenvalue weighted by Gasteiger charge is -2.29. The molecule has 1 unspecified atom stereocenters. The minimum absolute atomic E-state index is 0. The van der Waals surface area contributed by atoms with Gasteiger partial charge in [0.15, 0.2) is 0 Å². The molecule has 1 fully saturated rings. The summed E-state index contributed by atoms with van der Waals surface area (Å²) in [5.74, 6) is 0.904. The van der Waals surface area contributed by atoms with Crippen molar-refractivity contribution in [2.75, 3.05) is 13.1 Å². The Morgan fingerprint density at radius 3 is 2.42 bits per heavy atom. The molecule has 1 aromatic rings. The van der Waals surface area contributed by atoms with E-state index in [1.54, 1.807) is 0 Å². The Morgan fingerprint density at radius 1 is 1.32 bits per heavy atom. The maximum Gasteiger partial charge on any atom is 0.226 e. The van der Waals surface area contributed by atoms with Gasteiger partial charge in [0.25, 0.3) is 0 Å². The Morgan fingerprint density at radius 2 is 1.95 bits per heavy atom. The van der Waals surface area contributed by atoms with Crippen LogP contribution in [0.2, 0.25) is 0 Å². The van der Waals surface area contributed by atoms with Gasteiger partial charge in [-0.25, -0.2) is 0 Å². The average Bonchev–Trinajstić information content (AvgIpc) is 2.26. The molecule has 1 amide bonds. The van der Waals surface area contributed by atoms with Crippen LogP contribution in [0.3, 0.4) is 0 Å². The fraction of sp³-hybridized carbons (Fsp3) is 0.533. The van der Waals surface area contributed by atoms with Crippen LogP contribution in [0, 0.1) is 11.8 Å². The summed E-state index contributed by atoms with van der Waals surface area (Å²) >= 11 is 0. The standard InChI is InChI=1S/C15H22N2O.ClH/c1-11(2)8-14(12-6-4-3-5-7-12)17-15(18)13-9-16-10-13;/h3-7,11,13-14,16H,8-10H2,1-2H3,(H,17,18);1H. The summed E-state index contributed by atoms with van der Waals surface area (Å²) in [6, 6.07) is 10.4. The minimum atomic E-state index is 0. The number of nitrogens with one attached hydrogen (secondary N) is 2. The van der Waals surface area contributed by atoms with E-state index in [0.29, 0.717) is 5.92 Å². The topological polar surface area (TPSA) is 41.1 Å². The number of benzene rings is 1. The number of hydrogen-bond donors (Lipinski definition) is 2. The number of halogens is 1. The molecule has 2 N–H and O–H groups in total. The fourth-order valence-electron chi connectivity index (χ4n) is 2.20. The second kappa shape index (κ2) is 7.51. The number of hydrogen-bond acceptors (Lipinski definition) is 2. The van der Waals surface area contributed by atoms with Crippen LogP contribution in [0.1, 0.15) is 31.9 Å². The first-order chi connectivity index (χ1) is 8.66. The van der Waals surface area contributed by atoms with Crippen molar-refractivity contribution in [2.45, 2.75) is 26.3 Å². The van der Waals surface area contributed by atoms with Crippen LogP contribution in [-0.2, 0) is 4.79 Å². The summed E-state index contributed by atoms with van der Waals surface area (Å²) in [5, 5.41) is 6.32. The normalized spacial score (nSPS) is 16.4. The largest absolute Gasteiger partial charge is 0.349 e. The molecular formula is C15H23ClN2O. The van der Waals surface area contributed by atoms with Gasteiger partial charge in [-0.15, -0.1) is 12.4 Å². The highest BCUT2D eigenvalue weighted by molar-refractivity contribution is 5.85. The Kier molecular flexibility index (Phi) is 6.32. The lowest BCUT2D eigenvalue weighted by atomic mass is 9.95. The van der Waals surface area contributed by atoms with Gasteiger partial charge < -0.3 is 10.6 Å². The van der Waals surface area contributed by atoms with E-state index in [1.165, 1.54) is 5.56 Å². The van der Waals surface area contributed by atoms with Crippen molar-refractivity contribution in [1.82, 2.24) is 10.6 Å². The Labute approximate surface area is 121 Å². The molecule has 106 valence electrons. The molecule has 3 nitrogen and oxygen atoms in total. The maximum atomic E-state index is 12.0. The second-order valence-electron chi connectivity index (χ2n) is 5.46. The van der Waals surface area contributed by atoms with E-state index in [9.17, 15) is 4.79 Å². The summed E-state index contributed by atoms with van der Waals surface area (Å²) < 4.78 is 0. The average molecular weight is 283 g/mol. The van der Waals surface area contributed by atoms with Gasteiger partial charge in [0.1, 0.15) is 0 Å². The van der Waals surface area contributed by atoms with Gasteiger partial charge in [-0.2, -0.15) is 0 Å². The van der Waals surface area contributed by atoms with Gasteiger partial charge in [-0.1, -0.05) is 44.2 Å². The lowest BCUT2D eigenvalue weighted by Crippen LogP contribution is -2.51. The number of rotatable bonds is 5. The molecule has 0 bridgehead atoms. The van der Waals surface area contributed by atoms with E-state index < -0.39 is 0 Å². The molecule has 0 aromatic heterocycles. The number of carbonyl (C=O) groups is 1. The van der Waals surface area contributed by atoms with E-state index in [2.05, 4.69) is 36.6 Å². The molecule has 0 aliphatic carbocycles. The van der Waals surface area contributed by atoms with E-state index in [4.69, 9.17) is 0 Å². The molecule has 0 radical (unpaired) electrons. The second-order valence-corrected chi connectivity index (χ2v) is 5.46. The van der Waals surface area contributed by atoms with Gasteiger partial charge >= 0.3 is 0 Å². The Balaban J connectivity index is 0.00000180. The zero-order valence-electron chi connectivity index (χ0n) is 11.6. The summed E-state index contributed by atoms with van der Waals surface area (Å²) in [7, 11) is 0. The zero-order chi connectivity index (χ0) is 13.0. The lowest BCUT2D eigenvalue weighted by molar-refractivity contribution is -0.127. The van der Waals surface area contributed by atoms with Crippen molar-refractivity contribution in [2.24, 2.45) is 11.8 Å². The van der Waals surface area contributed by atoms with Crippen LogP contribution in [0.5, 0.6) is 0 Å². The van der Waals surface area contributed by atoms with Gasteiger partial charge in [-0.05, 0) is 17.9 Å². The maximum absolute atomic E-state index is 12.0. The van der Waals surface area contributed by atoms with Crippen molar-refractivity contribution in [1.29, 1.82) is 0 Å². The first-order valence-corrected chi connectivity index (χ1v) is 6.73. The van der Waals surface area contributed by atoms with Crippen LogP contribution in [-0.4, -0.2) is 19.0 Å². The Hall–Kier alpha value is -1.06. The van der Waals surface area contributed by atoms with E-state index in [0.717, 1.165) is 19.5 Å². The highest BCUT2D eigenvalue weighted by Crippen LogP contribution is 2.21. The molecule has 19 heavy (non-hydrogen) atoms. The van der Waals surface area contributed by atoms with E-state index >= 15 is 0 Å². The molecular weight excluding hydrogens is 260 g/mol. The highest BCUT2D eigenvalue weighted by atomic mass is 35.5. The van der Waals surface area contributed by atoms with Crippen LogP contribution < -0.4 is 10.6 Å². The third-order valence-electron chi connectivity index (χ3n) is 3.38. The molecule has 1 heterocycles. The number of carbonyl (C=O) groups excluding carboxylic acids is 1. The fourth-order valence-corrected chi connectivity index (χ4v) is 2.20. The van der Waals surface area contributed by atoms with Crippen LogP contribution in [0.4, 0.5) is 0 Å². The summed E-state index contributed by atoms with van der Waals surface area (Å²) in [6.45, 7) is 6.00. The van der Waals surface area contributed by atoms with Gasteiger partial charge in [0.2, 0.25) is 5.91 Å². The Bertz CT molecular complexity index is 390. The molecule has 1 atom stereocenters. The minimum Gasteiger partial charge on any atom is -0.349 e. The van der Waals surface area contributed by atoms with Gasteiger partial charge in [-0.3, -0.25) is 4.79 Å². The number of amides is 1. The molecule has 0 spiro atoms. The molecule has 1 saturated heterocycles. The summed E-state index contributed by atoms with van der Waals surface area (Å²) in [5.41, 5.74) is 1.20. The zero-order valence-corrected chi connectivity index (χ0v) is 12.4. The third-order valence-corrected chi connectivity index (χ3v) is 3.38. The molecule has 2 rings (SSSR count). The quantitative estimate of drug-likeness (QED) is 0.871. The van der Waals surface area contributed by atoms with Crippen LogP contribution in [0.15, 0.2) is 30.3 Å². The predicted molar refractivity (Wildman–Crippen MR) is 80.4 cm³/mol. The molecule has 0 saturated carbocycles. The van der Waals surface area contributed by atoms with E-state index in [1.807, 2.05) is 18.2 Å².